The number of amides is 1. The van der Waals surface area contributed by atoms with Crippen molar-refractivity contribution in [2.24, 2.45) is 12.0 Å². The zero-order valence-corrected chi connectivity index (χ0v) is 16.8. The van der Waals surface area contributed by atoms with Gasteiger partial charge in [0.25, 0.3) is 5.91 Å². The number of nitrogens with zero attached hydrogens (tertiary/aromatic N) is 2. The van der Waals surface area contributed by atoms with Crippen molar-refractivity contribution < 1.29 is 4.79 Å². The predicted octanol–water partition coefficient (Wildman–Crippen LogP) is 5.10. The van der Waals surface area contributed by atoms with E-state index in [2.05, 4.69) is 44.8 Å². The van der Waals surface area contributed by atoms with Crippen LogP contribution in [0.15, 0.2) is 46.3 Å². The summed E-state index contributed by atoms with van der Waals surface area (Å²) in [5.41, 5.74) is 4.20. The molecule has 0 radical (unpaired) electrons. The molecule has 1 aromatic heterocycles. The minimum atomic E-state index is -0.197. The van der Waals surface area contributed by atoms with Crippen LogP contribution in [0.25, 0.3) is 10.2 Å². The largest absolute Gasteiger partial charge is 0.319 e. The first-order valence-corrected chi connectivity index (χ1v) is 9.97. The average molecular weight is 371 g/mol. The van der Waals surface area contributed by atoms with Crippen LogP contribution in [0.4, 0.5) is 0 Å². The first kappa shape index (κ1) is 18.0. The average Bonchev–Trinajstić information content (AvgIpc) is 2.83. The number of fused-ring (bicyclic) bond motifs is 1. The molecular weight excluding hydrogens is 348 g/mol. The van der Waals surface area contributed by atoms with Crippen LogP contribution in [-0.2, 0) is 7.05 Å². The zero-order chi connectivity index (χ0) is 18.1. The minimum Gasteiger partial charge on any atom is -0.319 e. The van der Waals surface area contributed by atoms with Gasteiger partial charge in [0.05, 0.1) is 10.2 Å². The monoisotopic (exact) mass is 370 g/mol. The van der Waals surface area contributed by atoms with Crippen molar-refractivity contribution in [2.75, 3.05) is 0 Å². The lowest BCUT2D eigenvalue weighted by atomic mass is 10.1. The molecule has 3 nitrogen and oxygen atoms in total. The van der Waals surface area contributed by atoms with Crippen molar-refractivity contribution in [2.45, 2.75) is 37.8 Å². The molecule has 0 unspecified atom stereocenters. The van der Waals surface area contributed by atoms with Gasteiger partial charge in [-0.25, -0.2) is 0 Å². The summed E-state index contributed by atoms with van der Waals surface area (Å²) in [4.78, 5) is 18.8. The Hall–Kier alpha value is -1.85. The van der Waals surface area contributed by atoms with Crippen molar-refractivity contribution in [1.82, 2.24) is 4.57 Å². The standard InChI is InChI=1S/C20H22N2OS2/c1-12(2)24-16-8-6-15(7-9-16)19(23)21-20-22(5)18-14(4)10-13(3)11-17(18)25-20/h6-12H,1-5H3. The Morgan fingerprint density at radius 1 is 1.16 bits per heavy atom. The molecule has 0 spiro atoms. The van der Waals surface area contributed by atoms with E-state index in [9.17, 15) is 4.79 Å². The Morgan fingerprint density at radius 3 is 2.48 bits per heavy atom. The molecule has 2 aromatic carbocycles. The number of aromatic nitrogens is 1. The van der Waals surface area contributed by atoms with Crippen LogP contribution in [0, 0.1) is 13.8 Å². The maximum Gasteiger partial charge on any atom is 0.279 e. The lowest BCUT2D eigenvalue weighted by molar-refractivity contribution is 0.0998. The highest BCUT2D eigenvalue weighted by atomic mass is 32.2. The second-order valence-electron chi connectivity index (χ2n) is 6.48. The molecule has 0 saturated carbocycles. The molecule has 0 aliphatic rings. The number of thiazole rings is 1. The fraction of sp³-hybridized carbons (Fsp3) is 0.300. The molecule has 0 aliphatic carbocycles. The topological polar surface area (TPSA) is 34.4 Å². The lowest BCUT2D eigenvalue weighted by Crippen LogP contribution is -2.13. The number of benzene rings is 2. The summed E-state index contributed by atoms with van der Waals surface area (Å²) >= 11 is 3.35. The second kappa shape index (κ2) is 7.18. The molecule has 3 rings (SSSR count). The van der Waals surface area contributed by atoms with Crippen LogP contribution >= 0.6 is 23.1 Å². The number of hydrogen-bond acceptors (Lipinski definition) is 3. The van der Waals surface area contributed by atoms with E-state index in [1.165, 1.54) is 16.0 Å². The van der Waals surface area contributed by atoms with Gasteiger partial charge in [0, 0.05) is 22.8 Å². The van der Waals surface area contributed by atoms with Crippen LogP contribution in [0.1, 0.15) is 35.3 Å². The van der Waals surface area contributed by atoms with Crippen LogP contribution in [0.5, 0.6) is 0 Å². The van der Waals surface area contributed by atoms with E-state index in [1.807, 2.05) is 35.9 Å². The first-order valence-electron chi connectivity index (χ1n) is 8.27. The highest BCUT2D eigenvalue weighted by Crippen LogP contribution is 2.24. The number of carbonyl (C=O) groups is 1. The third-order valence-electron chi connectivity index (χ3n) is 3.90. The Balaban J connectivity index is 1.97. The van der Waals surface area contributed by atoms with E-state index in [0.717, 1.165) is 15.0 Å². The number of aryl methyl sites for hydroxylation is 3. The van der Waals surface area contributed by atoms with E-state index in [4.69, 9.17) is 0 Å². The SMILES string of the molecule is Cc1cc(C)c2c(c1)sc(=NC(=O)c1ccc(SC(C)C)cc1)n2C. The van der Waals surface area contributed by atoms with Gasteiger partial charge in [-0.05, 0) is 55.3 Å². The van der Waals surface area contributed by atoms with Gasteiger partial charge in [-0.1, -0.05) is 31.3 Å². The maximum absolute atomic E-state index is 12.5. The van der Waals surface area contributed by atoms with Crippen molar-refractivity contribution in [3.05, 3.63) is 57.9 Å². The van der Waals surface area contributed by atoms with Gasteiger partial charge in [0.15, 0.2) is 4.80 Å². The van der Waals surface area contributed by atoms with Gasteiger partial charge in [-0.15, -0.1) is 11.8 Å². The molecule has 0 atom stereocenters. The molecule has 0 fully saturated rings. The molecule has 0 bridgehead atoms. The molecule has 0 aliphatic heterocycles. The molecule has 5 heteroatoms. The van der Waals surface area contributed by atoms with Crippen LogP contribution in [0.2, 0.25) is 0 Å². The maximum atomic E-state index is 12.5. The van der Waals surface area contributed by atoms with Gasteiger partial charge >= 0.3 is 0 Å². The molecule has 1 amide bonds. The number of hydrogen-bond donors (Lipinski definition) is 0. The summed E-state index contributed by atoms with van der Waals surface area (Å²) in [5.74, 6) is -0.197. The van der Waals surface area contributed by atoms with Gasteiger partial charge in [-0.3, -0.25) is 4.79 Å². The van der Waals surface area contributed by atoms with E-state index in [1.54, 1.807) is 23.1 Å². The first-order chi connectivity index (χ1) is 11.8. The van der Waals surface area contributed by atoms with E-state index in [0.29, 0.717) is 10.8 Å². The van der Waals surface area contributed by atoms with Gasteiger partial charge in [0.1, 0.15) is 0 Å². The quantitative estimate of drug-likeness (QED) is 0.601. The Kier molecular flexibility index (Phi) is 5.16. The molecule has 0 N–H and O–H groups in total. The van der Waals surface area contributed by atoms with E-state index >= 15 is 0 Å². The van der Waals surface area contributed by atoms with Crippen molar-refractivity contribution in [3.63, 3.8) is 0 Å². The molecule has 1 heterocycles. The Morgan fingerprint density at radius 2 is 1.84 bits per heavy atom. The third kappa shape index (κ3) is 3.88. The summed E-state index contributed by atoms with van der Waals surface area (Å²) < 4.78 is 3.17. The molecule has 3 aromatic rings. The molecule has 0 saturated heterocycles. The number of thioether (sulfide) groups is 1. The minimum absolute atomic E-state index is 0.197. The molecular formula is C20H22N2OS2. The fourth-order valence-corrected chi connectivity index (χ4v) is 4.92. The molecule has 25 heavy (non-hydrogen) atoms. The second-order valence-corrected chi connectivity index (χ2v) is 9.14. The highest BCUT2D eigenvalue weighted by molar-refractivity contribution is 7.99. The van der Waals surface area contributed by atoms with E-state index in [-0.39, 0.29) is 5.91 Å². The summed E-state index contributed by atoms with van der Waals surface area (Å²) in [7, 11) is 1.97. The van der Waals surface area contributed by atoms with Crippen molar-refractivity contribution in [1.29, 1.82) is 0 Å². The van der Waals surface area contributed by atoms with Gasteiger partial charge in [-0.2, -0.15) is 4.99 Å². The van der Waals surface area contributed by atoms with Gasteiger partial charge < -0.3 is 4.57 Å². The smallest absolute Gasteiger partial charge is 0.279 e. The lowest BCUT2D eigenvalue weighted by Gasteiger charge is -2.04. The summed E-state index contributed by atoms with van der Waals surface area (Å²) in [6.07, 6.45) is 0. The van der Waals surface area contributed by atoms with Crippen LogP contribution in [-0.4, -0.2) is 15.7 Å². The summed E-state index contributed by atoms with van der Waals surface area (Å²) in [6.45, 7) is 8.50. The normalized spacial score (nSPS) is 12.3. The zero-order valence-electron chi connectivity index (χ0n) is 15.2. The molecule has 130 valence electrons. The van der Waals surface area contributed by atoms with Crippen LogP contribution in [0.3, 0.4) is 0 Å². The Bertz CT molecular complexity index is 995. The highest BCUT2D eigenvalue weighted by Gasteiger charge is 2.10. The van der Waals surface area contributed by atoms with Crippen molar-refractivity contribution >= 4 is 39.2 Å². The van der Waals surface area contributed by atoms with E-state index < -0.39 is 0 Å². The summed E-state index contributed by atoms with van der Waals surface area (Å²) in [6, 6.07) is 12.0. The predicted molar refractivity (Wildman–Crippen MR) is 108 cm³/mol. The third-order valence-corrected chi connectivity index (χ3v) is 6.00. The van der Waals surface area contributed by atoms with Gasteiger partial charge in [0.2, 0.25) is 0 Å². The Labute approximate surface area is 156 Å². The van der Waals surface area contributed by atoms with Crippen molar-refractivity contribution in [3.8, 4) is 0 Å². The number of carbonyl (C=O) groups excluding carboxylic acids is 1. The summed E-state index contributed by atoms with van der Waals surface area (Å²) in [5, 5.41) is 0.524. The fourth-order valence-electron chi connectivity index (χ4n) is 2.89. The van der Waals surface area contributed by atoms with Crippen LogP contribution < -0.4 is 4.80 Å². The number of rotatable bonds is 3.